The quantitative estimate of drug-likeness (QED) is 0.866. The van der Waals surface area contributed by atoms with Crippen LogP contribution in [0.1, 0.15) is 37.2 Å². The van der Waals surface area contributed by atoms with E-state index in [1.165, 1.54) is 18.3 Å². The zero-order valence-electron chi connectivity index (χ0n) is 11.0. The summed E-state index contributed by atoms with van der Waals surface area (Å²) >= 11 is 1.22. The van der Waals surface area contributed by atoms with Crippen LogP contribution in [0.15, 0.2) is 5.38 Å². The molecule has 19 heavy (non-hydrogen) atoms. The van der Waals surface area contributed by atoms with E-state index in [0.29, 0.717) is 30.3 Å². The summed E-state index contributed by atoms with van der Waals surface area (Å²) in [4.78, 5) is 28.6. The van der Waals surface area contributed by atoms with E-state index in [-0.39, 0.29) is 11.8 Å². The molecule has 1 saturated heterocycles. The number of likely N-dealkylation sites (tertiary alicyclic amines) is 1. The summed E-state index contributed by atoms with van der Waals surface area (Å²) in [5.74, 6) is -0.414. The topological polar surface area (TPSA) is 82.5 Å². The molecule has 0 radical (unpaired) electrons. The van der Waals surface area contributed by atoms with Crippen molar-refractivity contribution in [2.24, 2.45) is 0 Å². The second-order valence-corrected chi connectivity index (χ2v) is 5.71. The van der Waals surface area contributed by atoms with Crippen LogP contribution in [0.4, 0.5) is 5.13 Å². The third-order valence-corrected chi connectivity index (χ3v) is 3.74. The fourth-order valence-electron chi connectivity index (χ4n) is 2.17. The van der Waals surface area contributed by atoms with Gasteiger partial charge in [-0.2, -0.15) is 0 Å². The molecule has 0 aromatic carbocycles. The number of thiazole rings is 1. The average molecular weight is 283 g/mol. The van der Waals surface area contributed by atoms with Gasteiger partial charge in [-0.1, -0.05) is 13.3 Å². The first kappa shape index (κ1) is 14.0. The molecule has 0 saturated carbocycles. The number of β-amino-alcohol motifs (C(OH)–C–C–N with tert-alkyl or cyclic N) is 1. The van der Waals surface area contributed by atoms with Gasteiger partial charge in [0.25, 0.3) is 5.91 Å². The van der Waals surface area contributed by atoms with Crippen LogP contribution in [-0.4, -0.2) is 45.5 Å². The number of nitrogens with one attached hydrogen (secondary N) is 1. The molecule has 2 heterocycles. The fourth-order valence-corrected chi connectivity index (χ4v) is 2.90. The van der Waals surface area contributed by atoms with Crippen molar-refractivity contribution in [1.82, 2.24) is 9.88 Å². The highest BCUT2D eigenvalue weighted by atomic mass is 32.1. The van der Waals surface area contributed by atoms with E-state index in [4.69, 9.17) is 0 Å². The fraction of sp³-hybridized carbons (Fsp3) is 0.583. The molecule has 0 atom stereocenters. The highest BCUT2D eigenvalue weighted by molar-refractivity contribution is 7.14. The third kappa shape index (κ3) is 3.10. The van der Waals surface area contributed by atoms with E-state index in [0.717, 1.165) is 6.42 Å². The summed E-state index contributed by atoms with van der Waals surface area (Å²) in [7, 11) is 0. The van der Waals surface area contributed by atoms with E-state index >= 15 is 0 Å². The normalized spacial score (nSPS) is 16.9. The highest BCUT2D eigenvalue weighted by Crippen LogP contribution is 2.28. The van der Waals surface area contributed by atoms with Gasteiger partial charge >= 0.3 is 0 Å². The van der Waals surface area contributed by atoms with Gasteiger partial charge in [0.2, 0.25) is 5.91 Å². The molecule has 1 aromatic rings. The first-order chi connectivity index (χ1) is 8.93. The molecule has 2 rings (SSSR count). The Hall–Kier alpha value is -1.47. The lowest BCUT2D eigenvalue weighted by atomic mass is 9.89. The molecule has 1 aromatic heterocycles. The van der Waals surface area contributed by atoms with Gasteiger partial charge in [-0.3, -0.25) is 9.59 Å². The number of carbonyl (C=O) groups excluding carboxylic acids is 2. The van der Waals surface area contributed by atoms with Crippen molar-refractivity contribution in [3.05, 3.63) is 11.1 Å². The molecule has 1 fully saturated rings. The van der Waals surface area contributed by atoms with Crippen LogP contribution in [0.5, 0.6) is 0 Å². The van der Waals surface area contributed by atoms with Gasteiger partial charge in [-0.05, 0) is 6.42 Å². The predicted molar refractivity (Wildman–Crippen MR) is 72.2 cm³/mol. The largest absolute Gasteiger partial charge is 0.386 e. The highest BCUT2D eigenvalue weighted by Gasteiger charge is 2.43. The van der Waals surface area contributed by atoms with Gasteiger partial charge < -0.3 is 15.3 Å². The Morgan fingerprint density at radius 2 is 2.26 bits per heavy atom. The lowest BCUT2D eigenvalue weighted by Crippen LogP contribution is -2.63. The average Bonchev–Trinajstić information content (AvgIpc) is 2.72. The molecule has 0 aliphatic carbocycles. The van der Waals surface area contributed by atoms with Crippen LogP contribution in [0.2, 0.25) is 0 Å². The number of carbonyl (C=O) groups is 2. The Morgan fingerprint density at radius 1 is 1.58 bits per heavy atom. The van der Waals surface area contributed by atoms with Gasteiger partial charge in [0, 0.05) is 12.3 Å². The van der Waals surface area contributed by atoms with Gasteiger partial charge in [-0.25, -0.2) is 4.98 Å². The minimum absolute atomic E-state index is 0.200. The lowest BCUT2D eigenvalue weighted by molar-refractivity contribution is -0.114. The molecule has 1 aliphatic heterocycles. The van der Waals surface area contributed by atoms with E-state index in [9.17, 15) is 14.7 Å². The maximum atomic E-state index is 12.1. The van der Waals surface area contributed by atoms with Gasteiger partial charge in [0.1, 0.15) is 5.69 Å². The summed E-state index contributed by atoms with van der Waals surface area (Å²) in [5, 5.41) is 14.6. The Balaban J connectivity index is 1.95. The van der Waals surface area contributed by atoms with Crippen LogP contribution in [-0.2, 0) is 4.79 Å². The zero-order chi connectivity index (χ0) is 14.0. The molecular formula is C12H17N3O3S. The molecule has 0 unspecified atom stereocenters. The molecule has 2 amide bonds. The first-order valence-corrected chi connectivity index (χ1v) is 7.06. The molecule has 6 nitrogen and oxygen atoms in total. The van der Waals surface area contributed by atoms with Gasteiger partial charge in [0.05, 0.1) is 18.7 Å². The van der Waals surface area contributed by atoms with Gasteiger partial charge in [0.15, 0.2) is 5.13 Å². The Kier molecular flexibility index (Phi) is 3.86. The predicted octanol–water partition coefficient (Wildman–Crippen LogP) is 1.09. The molecule has 1 aliphatic rings. The molecule has 0 spiro atoms. The van der Waals surface area contributed by atoms with Crippen molar-refractivity contribution in [2.75, 3.05) is 18.4 Å². The van der Waals surface area contributed by atoms with E-state index in [1.54, 1.807) is 10.3 Å². The Morgan fingerprint density at radius 3 is 2.84 bits per heavy atom. The third-order valence-electron chi connectivity index (χ3n) is 2.98. The van der Waals surface area contributed by atoms with Gasteiger partial charge in [-0.15, -0.1) is 11.3 Å². The van der Waals surface area contributed by atoms with Crippen molar-refractivity contribution >= 4 is 28.3 Å². The van der Waals surface area contributed by atoms with E-state index < -0.39 is 5.60 Å². The van der Waals surface area contributed by atoms with E-state index in [2.05, 4.69) is 10.3 Å². The molecular weight excluding hydrogens is 266 g/mol. The number of aliphatic hydroxyl groups is 1. The van der Waals surface area contributed by atoms with Crippen LogP contribution in [0.3, 0.4) is 0 Å². The van der Waals surface area contributed by atoms with Crippen molar-refractivity contribution in [2.45, 2.75) is 32.3 Å². The standard InChI is InChI=1S/C12H17N3O3S/c1-3-4-12(18)6-15(7-12)10(17)9-5-19-11(14-9)13-8(2)16/h5,18H,3-4,6-7H2,1-2H3,(H,13,14,16). The molecule has 2 N–H and O–H groups in total. The monoisotopic (exact) mass is 283 g/mol. The molecule has 7 heteroatoms. The first-order valence-electron chi connectivity index (χ1n) is 6.18. The number of aromatic nitrogens is 1. The summed E-state index contributed by atoms with van der Waals surface area (Å²) in [6.45, 7) is 4.10. The number of rotatable bonds is 4. The van der Waals surface area contributed by atoms with Crippen LogP contribution < -0.4 is 5.32 Å². The lowest BCUT2D eigenvalue weighted by Gasteiger charge is -2.46. The summed E-state index contributed by atoms with van der Waals surface area (Å²) in [6.07, 6.45) is 1.59. The number of nitrogens with zero attached hydrogens (tertiary/aromatic N) is 2. The minimum atomic E-state index is -0.735. The SMILES string of the molecule is CCCC1(O)CN(C(=O)c2csc(NC(C)=O)n2)C1. The zero-order valence-corrected chi connectivity index (χ0v) is 11.8. The maximum Gasteiger partial charge on any atom is 0.273 e. The van der Waals surface area contributed by atoms with Crippen molar-refractivity contribution < 1.29 is 14.7 Å². The molecule has 0 bridgehead atoms. The van der Waals surface area contributed by atoms with Crippen molar-refractivity contribution in [3.8, 4) is 0 Å². The summed E-state index contributed by atoms with van der Waals surface area (Å²) in [6, 6.07) is 0. The number of anilines is 1. The second-order valence-electron chi connectivity index (χ2n) is 4.85. The van der Waals surface area contributed by atoms with E-state index in [1.807, 2.05) is 6.92 Å². The number of hydrogen-bond donors (Lipinski definition) is 2. The van der Waals surface area contributed by atoms with Crippen molar-refractivity contribution in [3.63, 3.8) is 0 Å². The second kappa shape index (κ2) is 5.26. The Bertz CT molecular complexity index is 494. The summed E-state index contributed by atoms with van der Waals surface area (Å²) in [5.41, 5.74) is -0.423. The maximum absolute atomic E-state index is 12.1. The minimum Gasteiger partial charge on any atom is -0.386 e. The van der Waals surface area contributed by atoms with Crippen LogP contribution in [0.25, 0.3) is 0 Å². The van der Waals surface area contributed by atoms with Crippen LogP contribution >= 0.6 is 11.3 Å². The number of hydrogen-bond acceptors (Lipinski definition) is 5. The van der Waals surface area contributed by atoms with Crippen LogP contribution in [0, 0.1) is 0 Å². The number of amides is 2. The molecule has 104 valence electrons. The summed E-state index contributed by atoms with van der Waals surface area (Å²) < 4.78 is 0. The van der Waals surface area contributed by atoms with Crippen molar-refractivity contribution in [1.29, 1.82) is 0 Å². The Labute approximate surface area is 115 Å². The smallest absolute Gasteiger partial charge is 0.273 e.